The minimum atomic E-state index is -0.260. The smallest absolute Gasteiger partial charge is 0.317 e. The van der Waals surface area contributed by atoms with Crippen molar-refractivity contribution >= 4 is 41.1 Å². The summed E-state index contributed by atoms with van der Waals surface area (Å²) in [6, 6.07) is 5.14. The number of urea groups is 1. The first-order valence-corrected chi connectivity index (χ1v) is 10.0. The molecule has 4 N–H and O–H groups in total. The Morgan fingerprint density at radius 2 is 2.11 bits per heavy atom. The zero-order valence-electron chi connectivity index (χ0n) is 16.2. The van der Waals surface area contributed by atoms with Crippen molar-refractivity contribution in [2.24, 2.45) is 17.6 Å². The SMILES string of the molecule is C[C@H](CC(=O)N(C)C(=N)N)C1CCCN(C(=O)NCc2ccc(Cl)c(Cl)c2)C1. The summed E-state index contributed by atoms with van der Waals surface area (Å²) in [5.74, 6) is -0.112. The third kappa shape index (κ3) is 6.01. The maximum Gasteiger partial charge on any atom is 0.317 e. The molecule has 1 fully saturated rings. The molecule has 1 aromatic carbocycles. The van der Waals surface area contributed by atoms with E-state index in [0.29, 0.717) is 36.1 Å². The Morgan fingerprint density at radius 3 is 2.75 bits per heavy atom. The molecular formula is C19H27Cl2N5O2. The van der Waals surface area contributed by atoms with Gasteiger partial charge in [0.05, 0.1) is 10.0 Å². The maximum absolute atomic E-state index is 12.5. The van der Waals surface area contributed by atoms with Crippen molar-refractivity contribution in [2.75, 3.05) is 20.1 Å². The van der Waals surface area contributed by atoms with Crippen LogP contribution in [0.15, 0.2) is 18.2 Å². The summed E-state index contributed by atoms with van der Waals surface area (Å²) in [6.45, 7) is 3.67. The van der Waals surface area contributed by atoms with Gasteiger partial charge in [0, 0.05) is 33.1 Å². The molecule has 0 aliphatic carbocycles. The molecule has 2 atom stereocenters. The van der Waals surface area contributed by atoms with Crippen LogP contribution >= 0.6 is 23.2 Å². The van der Waals surface area contributed by atoms with Crippen LogP contribution in [0.5, 0.6) is 0 Å². The van der Waals surface area contributed by atoms with Gasteiger partial charge in [0.25, 0.3) is 0 Å². The van der Waals surface area contributed by atoms with E-state index in [2.05, 4.69) is 5.32 Å². The van der Waals surface area contributed by atoms with Gasteiger partial charge in [0.1, 0.15) is 0 Å². The van der Waals surface area contributed by atoms with Crippen LogP contribution in [-0.4, -0.2) is 47.8 Å². The van der Waals surface area contributed by atoms with Crippen LogP contribution in [0.2, 0.25) is 10.0 Å². The van der Waals surface area contributed by atoms with E-state index in [-0.39, 0.29) is 29.7 Å². The average Bonchev–Trinajstić information content (AvgIpc) is 2.67. The quantitative estimate of drug-likeness (QED) is 0.495. The molecule has 1 heterocycles. The van der Waals surface area contributed by atoms with Crippen molar-refractivity contribution in [3.8, 4) is 0 Å². The molecule has 1 aliphatic heterocycles. The lowest BCUT2D eigenvalue weighted by Gasteiger charge is -2.36. The largest absolute Gasteiger partial charge is 0.370 e. The first kappa shape index (κ1) is 22.3. The summed E-state index contributed by atoms with van der Waals surface area (Å²) in [5.41, 5.74) is 6.24. The standard InChI is InChI=1S/C19H27Cl2N5O2/c1-12(8-17(27)25(2)18(22)23)14-4-3-7-26(11-14)19(28)24-10-13-5-6-15(20)16(21)9-13/h5-6,9,12,14H,3-4,7-8,10-11H2,1-2H3,(H3,22,23)(H,24,28)/t12-,14?/m1/s1. The van der Waals surface area contributed by atoms with E-state index in [1.807, 2.05) is 13.0 Å². The van der Waals surface area contributed by atoms with Gasteiger partial charge in [-0.25, -0.2) is 4.79 Å². The van der Waals surface area contributed by atoms with Crippen LogP contribution in [0.4, 0.5) is 4.79 Å². The van der Waals surface area contributed by atoms with Gasteiger partial charge in [-0.05, 0) is 42.4 Å². The maximum atomic E-state index is 12.5. The monoisotopic (exact) mass is 427 g/mol. The van der Waals surface area contributed by atoms with Gasteiger partial charge >= 0.3 is 6.03 Å². The molecule has 28 heavy (non-hydrogen) atoms. The number of guanidine groups is 1. The Hall–Kier alpha value is -1.99. The van der Waals surface area contributed by atoms with E-state index in [4.69, 9.17) is 34.3 Å². The highest BCUT2D eigenvalue weighted by atomic mass is 35.5. The second kappa shape index (κ2) is 9.98. The number of hydrogen-bond acceptors (Lipinski definition) is 3. The molecule has 0 saturated carbocycles. The third-order valence-electron chi connectivity index (χ3n) is 5.21. The predicted octanol–water partition coefficient (Wildman–Crippen LogP) is 3.29. The Bertz CT molecular complexity index is 743. The van der Waals surface area contributed by atoms with Crippen molar-refractivity contribution in [1.29, 1.82) is 5.41 Å². The van der Waals surface area contributed by atoms with Gasteiger partial charge < -0.3 is 16.0 Å². The van der Waals surface area contributed by atoms with E-state index in [1.54, 1.807) is 17.0 Å². The van der Waals surface area contributed by atoms with E-state index in [0.717, 1.165) is 23.3 Å². The zero-order valence-corrected chi connectivity index (χ0v) is 17.7. The molecule has 154 valence electrons. The van der Waals surface area contributed by atoms with E-state index >= 15 is 0 Å². The van der Waals surface area contributed by atoms with Crippen LogP contribution < -0.4 is 11.1 Å². The lowest BCUT2D eigenvalue weighted by Crippen LogP contribution is -2.47. The molecule has 1 unspecified atom stereocenters. The van der Waals surface area contributed by atoms with Gasteiger partial charge in [-0.15, -0.1) is 0 Å². The molecule has 1 aromatic rings. The Morgan fingerprint density at radius 1 is 1.39 bits per heavy atom. The lowest BCUT2D eigenvalue weighted by atomic mass is 9.84. The number of halogens is 2. The third-order valence-corrected chi connectivity index (χ3v) is 5.95. The number of nitrogens with two attached hydrogens (primary N) is 1. The summed E-state index contributed by atoms with van der Waals surface area (Å²) in [7, 11) is 1.50. The van der Waals surface area contributed by atoms with Crippen LogP contribution in [0, 0.1) is 17.2 Å². The van der Waals surface area contributed by atoms with Crippen LogP contribution in [0.25, 0.3) is 0 Å². The van der Waals surface area contributed by atoms with Crippen LogP contribution in [0.3, 0.4) is 0 Å². The normalized spacial score (nSPS) is 17.7. The summed E-state index contributed by atoms with van der Waals surface area (Å²) < 4.78 is 0. The highest BCUT2D eigenvalue weighted by molar-refractivity contribution is 6.42. The van der Waals surface area contributed by atoms with Gasteiger partial charge in [-0.2, -0.15) is 0 Å². The van der Waals surface area contributed by atoms with Crippen molar-refractivity contribution in [3.63, 3.8) is 0 Å². The Labute approximate surface area is 175 Å². The first-order chi connectivity index (χ1) is 13.2. The molecule has 9 heteroatoms. The van der Waals surface area contributed by atoms with Gasteiger partial charge in [-0.3, -0.25) is 15.1 Å². The van der Waals surface area contributed by atoms with Crippen molar-refractivity contribution < 1.29 is 9.59 Å². The van der Waals surface area contributed by atoms with Gasteiger partial charge in [-0.1, -0.05) is 36.2 Å². The van der Waals surface area contributed by atoms with E-state index in [9.17, 15) is 9.59 Å². The second-order valence-corrected chi connectivity index (χ2v) is 8.09. The number of piperidine rings is 1. The van der Waals surface area contributed by atoms with Crippen LogP contribution in [-0.2, 0) is 11.3 Å². The first-order valence-electron chi connectivity index (χ1n) is 9.26. The van der Waals surface area contributed by atoms with E-state index in [1.165, 1.54) is 7.05 Å². The van der Waals surface area contributed by atoms with Crippen molar-refractivity contribution in [3.05, 3.63) is 33.8 Å². The number of carbonyl (C=O) groups excluding carboxylic acids is 2. The van der Waals surface area contributed by atoms with E-state index < -0.39 is 0 Å². The topological polar surface area (TPSA) is 103 Å². The molecule has 3 amide bonds. The lowest BCUT2D eigenvalue weighted by molar-refractivity contribution is -0.127. The fourth-order valence-electron chi connectivity index (χ4n) is 3.31. The average molecular weight is 428 g/mol. The number of amides is 3. The van der Waals surface area contributed by atoms with Gasteiger partial charge in [0.15, 0.2) is 5.96 Å². The minimum absolute atomic E-state index is 0.0972. The van der Waals surface area contributed by atoms with Crippen molar-refractivity contribution in [2.45, 2.75) is 32.7 Å². The number of likely N-dealkylation sites (tertiary alicyclic amines) is 1. The molecule has 2 rings (SSSR count). The summed E-state index contributed by atoms with van der Waals surface area (Å²) >= 11 is 11.9. The summed E-state index contributed by atoms with van der Waals surface area (Å²) in [6.07, 6.45) is 2.17. The summed E-state index contributed by atoms with van der Waals surface area (Å²) in [5, 5.41) is 11.2. The molecule has 0 aromatic heterocycles. The molecule has 1 aliphatic rings. The molecule has 7 nitrogen and oxygen atoms in total. The second-order valence-electron chi connectivity index (χ2n) is 7.27. The van der Waals surface area contributed by atoms with Crippen LogP contribution in [0.1, 0.15) is 31.7 Å². The number of nitrogens with zero attached hydrogens (tertiary/aromatic N) is 2. The molecule has 1 saturated heterocycles. The fraction of sp³-hybridized carbons (Fsp3) is 0.526. The van der Waals surface area contributed by atoms with Crippen molar-refractivity contribution in [1.82, 2.24) is 15.1 Å². The highest BCUT2D eigenvalue weighted by Gasteiger charge is 2.29. The number of benzene rings is 1. The number of hydrogen-bond donors (Lipinski definition) is 3. The predicted molar refractivity (Wildman–Crippen MR) is 111 cm³/mol. The molecule has 0 radical (unpaired) electrons. The molecular weight excluding hydrogens is 401 g/mol. The number of nitrogens with one attached hydrogen (secondary N) is 2. The Balaban J connectivity index is 1.87. The molecule has 0 spiro atoms. The summed E-state index contributed by atoms with van der Waals surface area (Å²) in [4.78, 5) is 27.6. The number of rotatable bonds is 5. The molecule has 0 bridgehead atoms. The Kier molecular flexibility index (Phi) is 7.95. The minimum Gasteiger partial charge on any atom is -0.370 e. The van der Waals surface area contributed by atoms with Gasteiger partial charge in [0.2, 0.25) is 5.91 Å². The zero-order chi connectivity index (χ0) is 20.8. The fourth-order valence-corrected chi connectivity index (χ4v) is 3.63. The number of carbonyl (C=O) groups is 2. The highest BCUT2D eigenvalue weighted by Crippen LogP contribution is 2.27.